The van der Waals surface area contributed by atoms with Crippen molar-refractivity contribution in [1.29, 1.82) is 0 Å². The van der Waals surface area contributed by atoms with Gasteiger partial charge in [-0.05, 0) is 54.5 Å². The number of pyridine rings is 3. The first-order chi connectivity index (χ1) is 21.5. The molecule has 4 rings (SSSR count). The maximum Gasteiger partial charge on any atom is 0.317 e. The van der Waals surface area contributed by atoms with Crippen molar-refractivity contribution in [3.63, 3.8) is 0 Å². The van der Waals surface area contributed by atoms with Gasteiger partial charge in [0.15, 0.2) is 5.76 Å². The number of carbonyl (C=O) groups is 4. The molecule has 0 unspecified atom stereocenters. The highest BCUT2D eigenvalue weighted by Crippen LogP contribution is 2.30. The molecule has 4 aromatic heterocycles. The molecule has 0 amide bonds. The third-order valence-corrected chi connectivity index (χ3v) is 6.20. The SMILES string of the molecule is C#Cc1ccc(-c2cc(-c3cccc(CN(CC(=O)O)CC(=O)O)n3)nc(-c3cccc(CN(CC(=O)O)CC(=O)O)n3)c2)o1. The Morgan fingerprint density at radius 3 is 1.47 bits per heavy atom. The summed E-state index contributed by atoms with van der Waals surface area (Å²) in [7, 11) is 0. The molecule has 0 atom stereocenters. The highest BCUT2D eigenvalue weighted by molar-refractivity contribution is 5.74. The van der Waals surface area contributed by atoms with E-state index in [1.54, 1.807) is 60.7 Å². The maximum absolute atomic E-state index is 11.3. The van der Waals surface area contributed by atoms with Crippen LogP contribution in [0.3, 0.4) is 0 Å². The normalized spacial score (nSPS) is 11.0. The minimum Gasteiger partial charge on any atom is -0.480 e. The zero-order valence-corrected chi connectivity index (χ0v) is 23.7. The largest absolute Gasteiger partial charge is 0.480 e. The van der Waals surface area contributed by atoms with Gasteiger partial charge in [0.1, 0.15) is 5.76 Å². The first kappa shape index (κ1) is 32.0. The molecular weight excluding hydrogens is 586 g/mol. The first-order valence-corrected chi connectivity index (χ1v) is 13.3. The number of carboxylic acids is 4. The molecule has 0 saturated carbocycles. The van der Waals surface area contributed by atoms with Gasteiger partial charge >= 0.3 is 23.9 Å². The summed E-state index contributed by atoms with van der Waals surface area (Å²) in [5.74, 6) is -1.55. The van der Waals surface area contributed by atoms with E-state index in [1.165, 1.54) is 9.80 Å². The predicted molar refractivity (Wildman–Crippen MR) is 157 cm³/mol. The number of carboxylic acid groups (broad SMARTS) is 4. The van der Waals surface area contributed by atoms with E-state index in [4.69, 9.17) is 15.8 Å². The molecule has 0 bridgehead atoms. The third kappa shape index (κ3) is 9.29. The smallest absolute Gasteiger partial charge is 0.317 e. The summed E-state index contributed by atoms with van der Waals surface area (Å²) >= 11 is 0. The molecule has 0 aliphatic rings. The predicted octanol–water partition coefficient (Wildman–Crippen LogP) is 2.39. The van der Waals surface area contributed by atoms with E-state index in [-0.39, 0.29) is 13.1 Å². The van der Waals surface area contributed by atoms with E-state index in [0.717, 1.165) is 0 Å². The molecule has 0 aliphatic heterocycles. The second kappa shape index (κ2) is 14.5. The van der Waals surface area contributed by atoms with Gasteiger partial charge in [-0.15, -0.1) is 6.42 Å². The Bertz CT molecular complexity index is 1650. The van der Waals surface area contributed by atoms with Crippen LogP contribution < -0.4 is 0 Å². The summed E-state index contributed by atoms with van der Waals surface area (Å²) < 4.78 is 5.76. The van der Waals surface area contributed by atoms with Gasteiger partial charge in [-0.25, -0.2) is 15.0 Å². The second-order valence-corrected chi connectivity index (χ2v) is 9.83. The first-order valence-electron chi connectivity index (χ1n) is 13.3. The Labute approximate surface area is 256 Å². The van der Waals surface area contributed by atoms with Crippen LogP contribution in [0.1, 0.15) is 17.1 Å². The molecule has 0 radical (unpaired) electrons. The number of furan rings is 1. The van der Waals surface area contributed by atoms with Gasteiger partial charge in [0.2, 0.25) is 0 Å². The maximum atomic E-state index is 11.3. The molecule has 0 fully saturated rings. The van der Waals surface area contributed by atoms with Crippen molar-refractivity contribution < 1.29 is 44.0 Å². The molecule has 14 heteroatoms. The van der Waals surface area contributed by atoms with Crippen molar-refractivity contribution in [3.05, 3.63) is 77.8 Å². The lowest BCUT2D eigenvalue weighted by atomic mass is 10.1. The standard InChI is InChI=1S/C31H27N5O9/c1-2-22-9-10-27(45-22)19-11-25(23-7-3-5-20(32-23)13-35(15-28(37)38)16-29(39)40)34-26(12-19)24-8-4-6-21(33-24)14-36(17-30(41)42)18-31(43)44/h1,3-12H,13-18H2,(H,37,38)(H,39,40)(H,41,42)(H,43,44). The molecule has 0 spiro atoms. The quantitative estimate of drug-likeness (QED) is 0.142. The Balaban J connectivity index is 1.75. The molecule has 4 heterocycles. The summed E-state index contributed by atoms with van der Waals surface area (Å²) in [6.07, 6.45) is 5.49. The minimum absolute atomic E-state index is 0.0461. The van der Waals surface area contributed by atoms with Crippen molar-refractivity contribution in [2.75, 3.05) is 26.2 Å². The number of nitrogens with zero attached hydrogens (tertiary/aromatic N) is 5. The van der Waals surface area contributed by atoms with E-state index < -0.39 is 50.1 Å². The number of hydrogen-bond acceptors (Lipinski definition) is 10. The van der Waals surface area contributed by atoms with Gasteiger partial charge in [0.25, 0.3) is 0 Å². The van der Waals surface area contributed by atoms with Crippen LogP contribution in [0, 0.1) is 12.3 Å². The monoisotopic (exact) mass is 613 g/mol. The zero-order chi connectivity index (χ0) is 32.5. The highest BCUT2D eigenvalue weighted by atomic mass is 16.4. The van der Waals surface area contributed by atoms with Gasteiger partial charge in [-0.1, -0.05) is 12.1 Å². The minimum atomic E-state index is -1.18. The zero-order valence-electron chi connectivity index (χ0n) is 23.7. The molecule has 14 nitrogen and oxygen atoms in total. The van der Waals surface area contributed by atoms with E-state index in [0.29, 0.717) is 51.2 Å². The molecule has 45 heavy (non-hydrogen) atoms. The third-order valence-electron chi connectivity index (χ3n) is 6.20. The van der Waals surface area contributed by atoms with Crippen LogP contribution in [0.4, 0.5) is 0 Å². The van der Waals surface area contributed by atoms with Gasteiger partial charge in [-0.3, -0.25) is 29.0 Å². The van der Waals surface area contributed by atoms with Gasteiger partial charge in [-0.2, -0.15) is 0 Å². The average Bonchev–Trinajstić information content (AvgIpc) is 3.45. The van der Waals surface area contributed by atoms with E-state index in [2.05, 4.69) is 15.9 Å². The topological polar surface area (TPSA) is 207 Å². The average molecular weight is 614 g/mol. The van der Waals surface area contributed by atoms with E-state index >= 15 is 0 Å². The van der Waals surface area contributed by atoms with E-state index in [9.17, 15) is 39.6 Å². The Morgan fingerprint density at radius 1 is 0.644 bits per heavy atom. The Hall–Kier alpha value is -5.91. The van der Waals surface area contributed by atoms with Gasteiger partial charge in [0, 0.05) is 18.7 Å². The van der Waals surface area contributed by atoms with Crippen LogP contribution in [0.2, 0.25) is 0 Å². The van der Waals surface area contributed by atoms with Crippen LogP contribution >= 0.6 is 0 Å². The van der Waals surface area contributed by atoms with Crippen LogP contribution in [0.15, 0.2) is 65.1 Å². The van der Waals surface area contributed by atoms with Crippen molar-refractivity contribution in [2.24, 2.45) is 0 Å². The molecular formula is C31H27N5O9. The van der Waals surface area contributed by atoms with Crippen LogP contribution in [0.25, 0.3) is 34.1 Å². The lowest BCUT2D eigenvalue weighted by Crippen LogP contribution is -2.34. The summed E-state index contributed by atoms with van der Waals surface area (Å²) in [6, 6.07) is 16.8. The summed E-state index contributed by atoms with van der Waals surface area (Å²) in [4.78, 5) is 61.5. The summed E-state index contributed by atoms with van der Waals surface area (Å²) in [5.41, 5.74) is 2.97. The van der Waals surface area contributed by atoms with Crippen LogP contribution in [-0.4, -0.2) is 95.2 Å². The molecule has 0 aliphatic carbocycles. The van der Waals surface area contributed by atoms with Crippen molar-refractivity contribution >= 4 is 23.9 Å². The number of aliphatic carboxylic acids is 4. The van der Waals surface area contributed by atoms with Crippen molar-refractivity contribution in [3.8, 4) is 46.4 Å². The summed E-state index contributed by atoms with van der Waals surface area (Å²) in [6.45, 7) is -2.07. The highest BCUT2D eigenvalue weighted by Gasteiger charge is 2.18. The number of rotatable bonds is 15. The second-order valence-electron chi connectivity index (χ2n) is 9.83. The number of terminal acetylenes is 1. The Morgan fingerprint density at radius 2 is 1.09 bits per heavy atom. The van der Waals surface area contributed by atoms with Gasteiger partial charge in [0.05, 0.1) is 60.3 Å². The lowest BCUT2D eigenvalue weighted by Gasteiger charge is -2.18. The Kier molecular flexibility index (Phi) is 10.3. The number of aromatic nitrogens is 3. The van der Waals surface area contributed by atoms with Crippen molar-refractivity contribution in [2.45, 2.75) is 13.1 Å². The summed E-state index contributed by atoms with van der Waals surface area (Å²) in [5, 5.41) is 36.8. The van der Waals surface area contributed by atoms with Crippen LogP contribution in [0.5, 0.6) is 0 Å². The number of hydrogen-bond donors (Lipinski definition) is 4. The van der Waals surface area contributed by atoms with E-state index in [1.807, 2.05) is 0 Å². The molecule has 0 saturated heterocycles. The molecule has 4 N–H and O–H groups in total. The fourth-order valence-electron chi connectivity index (χ4n) is 4.49. The van der Waals surface area contributed by atoms with Crippen LogP contribution in [-0.2, 0) is 32.3 Å². The molecule has 0 aromatic carbocycles. The lowest BCUT2D eigenvalue weighted by molar-refractivity contribution is -0.144. The fraction of sp³-hybridized carbons (Fsp3) is 0.194. The van der Waals surface area contributed by atoms with Gasteiger partial charge < -0.3 is 24.8 Å². The molecule has 4 aromatic rings. The fourth-order valence-corrected chi connectivity index (χ4v) is 4.49. The molecule has 230 valence electrons. The van der Waals surface area contributed by atoms with Crippen molar-refractivity contribution in [1.82, 2.24) is 24.8 Å².